The Bertz CT molecular complexity index is 715. The molecular weight excluding hydrogens is 300 g/mol. The number of hydrogen-bond acceptors (Lipinski definition) is 3. The number of carbonyl (C=O) groups is 1. The first kappa shape index (κ1) is 18.0. The van der Waals surface area contributed by atoms with Gasteiger partial charge in [0.2, 0.25) is 0 Å². The smallest absolute Gasteiger partial charge is 0.251 e. The first-order valence-corrected chi connectivity index (χ1v) is 8.23. The minimum Gasteiger partial charge on any atom is -0.395 e. The Kier molecular flexibility index (Phi) is 5.99. The van der Waals surface area contributed by atoms with Gasteiger partial charge in [-0.1, -0.05) is 23.8 Å². The third kappa shape index (κ3) is 4.15. The molecule has 0 heterocycles. The van der Waals surface area contributed by atoms with E-state index in [1.807, 2.05) is 19.1 Å². The average molecular weight is 326 g/mol. The van der Waals surface area contributed by atoms with Crippen LogP contribution in [0.15, 0.2) is 30.3 Å². The average Bonchev–Trinajstić information content (AvgIpc) is 2.53. The number of benzene rings is 2. The van der Waals surface area contributed by atoms with Gasteiger partial charge in [0.25, 0.3) is 5.91 Å². The van der Waals surface area contributed by atoms with Crippen molar-refractivity contribution in [1.82, 2.24) is 5.32 Å². The summed E-state index contributed by atoms with van der Waals surface area (Å²) >= 11 is 0. The number of rotatable bonds is 6. The van der Waals surface area contributed by atoms with Gasteiger partial charge in [-0.25, -0.2) is 0 Å². The summed E-state index contributed by atoms with van der Waals surface area (Å²) in [5, 5.41) is 15.0. The summed E-state index contributed by atoms with van der Waals surface area (Å²) < 4.78 is 0. The van der Waals surface area contributed by atoms with E-state index in [0.717, 1.165) is 17.8 Å². The molecule has 0 bridgehead atoms. The summed E-state index contributed by atoms with van der Waals surface area (Å²) in [6, 6.07) is 10.0. The van der Waals surface area contributed by atoms with Gasteiger partial charge in [0.15, 0.2) is 0 Å². The SMILES string of the molecule is Cc1cc(C)c(CNc2cccc(C(=O)NCCO)c2C)c(C)c1. The second kappa shape index (κ2) is 7.97. The number of amides is 1. The van der Waals surface area contributed by atoms with Crippen molar-refractivity contribution in [2.24, 2.45) is 0 Å². The molecule has 0 atom stereocenters. The molecule has 0 radical (unpaired) electrons. The summed E-state index contributed by atoms with van der Waals surface area (Å²) in [6.45, 7) is 9.22. The largest absolute Gasteiger partial charge is 0.395 e. The summed E-state index contributed by atoms with van der Waals surface area (Å²) in [7, 11) is 0. The first-order valence-electron chi connectivity index (χ1n) is 8.23. The maximum absolute atomic E-state index is 12.1. The highest BCUT2D eigenvalue weighted by molar-refractivity contribution is 5.97. The summed E-state index contributed by atoms with van der Waals surface area (Å²) in [5.74, 6) is -0.159. The van der Waals surface area contributed by atoms with Crippen LogP contribution in [0.4, 0.5) is 5.69 Å². The fourth-order valence-corrected chi connectivity index (χ4v) is 3.01. The van der Waals surface area contributed by atoms with Gasteiger partial charge in [0, 0.05) is 24.3 Å². The number of aliphatic hydroxyl groups is 1. The molecule has 0 unspecified atom stereocenters. The van der Waals surface area contributed by atoms with Crippen LogP contribution in [-0.2, 0) is 6.54 Å². The zero-order chi connectivity index (χ0) is 17.7. The molecule has 0 fully saturated rings. The van der Waals surface area contributed by atoms with Gasteiger partial charge in [-0.3, -0.25) is 4.79 Å². The van der Waals surface area contributed by atoms with Crippen molar-refractivity contribution in [2.45, 2.75) is 34.2 Å². The van der Waals surface area contributed by atoms with Crippen LogP contribution in [0.25, 0.3) is 0 Å². The van der Waals surface area contributed by atoms with Crippen molar-refractivity contribution >= 4 is 11.6 Å². The lowest BCUT2D eigenvalue weighted by Crippen LogP contribution is -2.27. The zero-order valence-corrected chi connectivity index (χ0v) is 14.9. The third-order valence-electron chi connectivity index (χ3n) is 4.27. The van der Waals surface area contributed by atoms with Gasteiger partial charge in [0.1, 0.15) is 0 Å². The Morgan fingerprint density at radius 3 is 2.38 bits per heavy atom. The molecule has 1 amide bonds. The second-order valence-corrected chi connectivity index (χ2v) is 6.19. The van der Waals surface area contributed by atoms with Crippen molar-refractivity contribution in [1.29, 1.82) is 0 Å². The van der Waals surface area contributed by atoms with E-state index in [-0.39, 0.29) is 19.1 Å². The van der Waals surface area contributed by atoms with Crippen molar-refractivity contribution in [3.05, 3.63) is 63.7 Å². The van der Waals surface area contributed by atoms with E-state index in [1.165, 1.54) is 22.3 Å². The predicted molar refractivity (Wildman–Crippen MR) is 98.6 cm³/mol. The highest BCUT2D eigenvalue weighted by Crippen LogP contribution is 2.22. The summed E-state index contributed by atoms with van der Waals surface area (Å²) in [6.07, 6.45) is 0. The van der Waals surface area contributed by atoms with E-state index < -0.39 is 0 Å². The molecule has 0 saturated heterocycles. The van der Waals surface area contributed by atoms with Crippen LogP contribution < -0.4 is 10.6 Å². The molecule has 0 aromatic heterocycles. The molecule has 4 heteroatoms. The Labute approximate surface area is 143 Å². The van der Waals surface area contributed by atoms with Crippen LogP contribution in [0.2, 0.25) is 0 Å². The highest BCUT2D eigenvalue weighted by atomic mass is 16.3. The number of carbonyl (C=O) groups excluding carboxylic acids is 1. The van der Waals surface area contributed by atoms with Crippen molar-refractivity contribution in [3.63, 3.8) is 0 Å². The predicted octanol–water partition coefficient (Wildman–Crippen LogP) is 3.25. The molecule has 24 heavy (non-hydrogen) atoms. The molecule has 2 aromatic rings. The Hall–Kier alpha value is -2.33. The maximum atomic E-state index is 12.1. The molecule has 0 aliphatic heterocycles. The maximum Gasteiger partial charge on any atom is 0.251 e. The molecule has 3 N–H and O–H groups in total. The van der Waals surface area contributed by atoms with Crippen LogP contribution in [0.5, 0.6) is 0 Å². The number of nitrogens with one attached hydrogen (secondary N) is 2. The van der Waals surface area contributed by atoms with Gasteiger partial charge in [-0.15, -0.1) is 0 Å². The van der Waals surface area contributed by atoms with Crippen LogP contribution in [0.3, 0.4) is 0 Å². The Balaban J connectivity index is 2.18. The van der Waals surface area contributed by atoms with Crippen molar-refractivity contribution in [3.8, 4) is 0 Å². The van der Waals surface area contributed by atoms with Crippen LogP contribution in [0, 0.1) is 27.7 Å². The fourth-order valence-electron chi connectivity index (χ4n) is 3.01. The zero-order valence-electron chi connectivity index (χ0n) is 14.9. The van der Waals surface area contributed by atoms with Crippen LogP contribution in [0.1, 0.15) is 38.2 Å². The second-order valence-electron chi connectivity index (χ2n) is 6.19. The lowest BCUT2D eigenvalue weighted by molar-refractivity contribution is 0.0944. The van der Waals surface area contributed by atoms with Gasteiger partial charge in [-0.2, -0.15) is 0 Å². The van der Waals surface area contributed by atoms with E-state index in [1.54, 1.807) is 6.07 Å². The lowest BCUT2D eigenvalue weighted by Gasteiger charge is -2.16. The molecule has 4 nitrogen and oxygen atoms in total. The van der Waals surface area contributed by atoms with E-state index in [0.29, 0.717) is 5.56 Å². The number of anilines is 1. The van der Waals surface area contributed by atoms with Gasteiger partial charge >= 0.3 is 0 Å². The molecule has 0 saturated carbocycles. The van der Waals surface area contributed by atoms with E-state index in [9.17, 15) is 4.79 Å². The minimum absolute atomic E-state index is 0.0608. The molecule has 0 aliphatic rings. The quantitative estimate of drug-likeness (QED) is 0.763. The topological polar surface area (TPSA) is 61.4 Å². The molecule has 2 aromatic carbocycles. The normalized spacial score (nSPS) is 10.5. The van der Waals surface area contributed by atoms with Crippen molar-refractivity contribution in [2.75, 3.05) is 18.5 Å². The molecule has 2 rings (SSSR count). The molecule has 0 spiro atoms. The number of aliphatic hydroxyl groups excluding tert-OH is 1. The van der Waals surface area contributed by atoms with E-state index in [4.69, 9.17) is 5.11 Å². The van der Waals surface area contributed by atoms with E-state index in [2.05, 4.69) is 43.5 Å². The number of hydrogen-bond donors (Lipinski definition) is 3. The van der Waals surface area contributed by atoms with E-state index >= 15 is 0 Å². The van der Waals surface area contributed by atoms with Gasteiger partial charge in [0.05, 0.1) is 6.61 Å². The third-order valence-corrected chi connectivity index (χ3v) is 4.27. The molecule has 128 valence electrons. The van der Waals surface area contributed by atoms with Crippen molar-refractivity contribution < 1.29 is 9.90 Å². The molecule has 0 aliphatic carbocycles. The standard InChI is InChI=1S/C20H26N2O2/c1-13-10-14(2)18(15(3)11-13)12-22-19-7-5-6-17(16(19)4)20(24)21-8-9-23/h5-7,10-11,22-23H,8-9,12H2,1-4H3,(H,21,24). The Morgan fingerprint density at radius 2 is 1.75 bits per heavy atom. The lowest BCUT2D eigenvalue weighted by atomic mass is 9.99. The fraction of sp³-hybridized carbons (Fsp3) is 0.350. The van der Waals surface area contributed by atoms with Gasteiger partial charge in [-0.05, 0) is 62.1 Å². The summed E-state index contributed by atoms with van der Waals surface area (Å²) in [4.78, 5) is 12.1. The minimum atomic E-state index is -0.159. The summed E-state index contributed by atoms with van der Waals surface area (Å²) in [5.41, 5.74) is 7.60. The van der Waals surface area contributed by atoms with Crippen LogP contribution in [-0.4, -0.2) is 24.2 Å². The molecular formula is C20H26N2O2. The van der Waals surface area contributed by atoms with Crippen LogP contribution >= 0.6 is 0 Å². The number of aryl methyl sites for hydroxylation is 3. The Morgan fingerprint density at radius 1 is 1.08 bits per heavy atom. The van der Waals surface area contributed by atoms with Gasteiger partial charge < -0.3 is 15.7 Å². The monoisotopic (exact) mass is 326 g/mol. The first-order chi connectivity index (χ1) is 11.4. The highest BCUT2D eigenvalue weighted by Gasteiger charge is 2.11.